The summed E-state index contributed by atoms with van der Waals surface area (Å²) in [6.45, 7) is 12.0. The Morgan fingerprint density at radius 3 is 2.09 bits per heavy atom. The van der Waals surface area contributed by atoms with Gasteiger partial charge in [-0.1, -0.05) is 73.5 Å². The van der Waals surface area contributed by atoms with Crippen molar-refractivity contribution in [3.63, 3.8) is 0 Å². The first kappa shape index (κ1) is 42.6. The molecule has 5 fully saturated rings. The van der Waals surface area contributed by atoms with Gasteiger partial charge in [0, 0.05) is 108 Å². The van der Waals surface area contributed by atoms with E-state index >= 15 is 0 Å². The summed E-state index contributed by atoms with van der Waals surface area (Å²) in [5.41, 5.74) is 9.76. The molecular weight excluding hydrogens is 809 g/mol. The second-order valence-corrected chi connectivity index (χ2v) is 20.6. The molecule has 4 aromatic rings. The van der Waals surface area contributed by atoms with Crippen LogP contribution in [-0.2, 0) is 22.6 Å². The number of piperazine rings is 1. The Hall–Kier alpha value is -5.03. The molecule has 5 atom stereocenters. The Morgan fingerprint density at radius 2 is 1.35 bits per heavy atom. The molecule has 10 heteroatoms. The lowest BCUT2D eigenvalue weighted by molar-refractivity contribution is -0.136. The van der Waals surface area contributed by atoms with E-state index in [9.17, 15) is 19.5 Å². The maximum atomic E-state index is 13.2. The number of rotatable bonds is 10. The first-order chi connectivity index (χ1) is 31.8. The van der Waals surface area contributed by atoms with Crippen LogP contribution in [0.3, 0.4) is 0 Å². The third-order valence-electron chi connectivity index (χ3n) is 16.8. The number of benzene rings is 4. The number of carbonyl (C=O) groups is 3. The molecule has 340 valence electrons. The highest BCUT2D eigenvalue weighted by atomic mass is 16.3. The number of hydrogen-bond acceptors (Lipinski definition) is 8. The summed E-state index contributed by atoms with van der Waals surface area (Å²) in [6, 6.07) is 32.9. The van der Waals surface area contributed by atoms with Gasteiger partial charge >= 0.3 is 0 Å². The number of nitrogens with one attached hydrogen (secondary N) is 1. The van der Waals surface area contributed by atoms with E-state index in [4.69, 9.17) is 0 Å². The number of nitrogens with zero attached hydrogens (tertiary/aromatic N) is 5. The van der Waals surface area contributed by atoms with Gasteiger partial charge in [0.15, 0.2) is 0 Å². The Balaban J connectivity index is 0.638. The van der Waals surface area contributed by atoms with Crippen LogP contribution in [-0.4, -0.2) is 120 Å². The predicted octanol–water partition coefficient (Wildman–Crippen LogP) is 7.51. The highest BCUT2D eigenvalue weighted by Gasteiger charge is 2.41. The average molecular weight is 875 g/mol. The summed E-state index contributed by atoms with van der Waals surface area (Å²) < 4.78 is 0. The lowest BCUT2D eigenvalue weighted by atomic mass is 9.69. The molecule has 3 amide bonds. The van der Waals surface area contributed by atoms with Crippen molar-refractivity contribution < 1.29 is 19.5 Å². The minimum atomic E-state index is -0.567. The number of imide groups is 1. The van der Waals surface area contributed by atoms with Gasteiger partial charge in [-0.3, -0.25) is 24.6 Å². The van der Waals surface area contributed by atoms with Gasteiger partial charge in [0.25, 0.3) is 5.91 Å². The fourth-order valence-electron chi connectivity index (χ4n) is 13.2. The number of likely N-dealkylation sites (tertiary alicyclic amines) is 1. The van der Waals surface area contributed by atoms with Crippen molar-refractivity contribution in [1.29, 1.82) is 0 Å². The average Bonchev–Trinajstić information content (AvgIpc) is 3.65. The molecule has 4 aromatic carbocycles. The number of phenols is 1. The maximum Gasteiger partial charge on any atom is 0.255 e. The number of hydrogen-bond donors (Lipinski definition) is 2. The van der Waals surface area contributed by atoms with Gasteiger partial charge < -0.3 is 24.7 Å². The fourth-order valence-corrected chi connectivity index (χ4v) is 13.2. The van der Waals surface area contributed by atoms with Crippen LogP contribution >= 0.6 is 0 Å². The van der Waals surface area contributed by atoms with Crippen LogP contribution in [0.1, 0.15) is 119 Å². The highest BCUT2D eigenvalue weighted by Crippen LogP contribution is 2.47. The van der Waals surface area contributed by atoms with Crippen molar-refractivity contribution in [2.24, 2.45) is 11.8 Å². The SMILES string of the molecule is O=C1CCC(N2Cc3cc(C4CN(C[C@@H]5CCCC[C@H]5CN5CCN(C6CCN(c7ccc([C@@H]8c9ccc(O)cc9CC[C@@H]8c8ccccc8)cc7)CC6)CC5)C4)ccc3C2=O)C(=O)N1. The van der Waals surface area contributed by atoms with Gasteiger partial charge in [-0.2, -0.15) is 0 Å². The van der Waals surface area contributed by atoms with E-state index in [2.05, 4.69) is 97.7 Å². The first-order valence-corrected chi connectivity index (χ1v) is 25.0. The molecule has 10 nitrogen and oxygen atoms in total. The van der Waals surface area contributed by atoms with E-state index in [1.807, 2.05) is 18.2 Å². The zero-order valence-electron chi connectivity index (χ0n) is 38.0. The number of aryl methyl sites for hydroxylation is 1. The molecule has 65 heavy (non-hydrogen) atoms. The van der Waals surface area contributed by atoms with Crippen molar-refractivity contribution in [3.05, 3.63) is 130 Å². The summed E-state index contributed by atoms with van der Waals surface area (Å²) in [5, 5.41) is 12.7. The second-order valence-electron chi connectivity index (χ2n) is 20.6. The van der Waals surface area contributed by atoms with Crippen LogP contribution < -0.4 is 10.2 Å². The van der Waals surface area contributed by atoms with E-state index in [0.29, 0.717) is 42.2 Å². The monoisotopic (exact) mass is 875 g/mol. The van der Waals surface area contributed by atoms with Crippen LogP contribution in [0.2, 0.25) is 0 Å². The lowest BCUT2D eigenvalue weighted by Gasteiger charge is -2.46. The van der Waals surface area contributed by atoms with E-state index in [1.54, 1.807) is 4.90 Å². The van der Waals surface area contributed by atoms with Gasteiger partial charge in [-0.25, -0.2) is 0 Å². The van der Waals surface area contributed by atoms with Crippen LogP contribution in [0.5, 0.6) is 5.75 Å². The topological polar surface area (TPSA) is 99.7 Å². The molecule has 2 aliphatic carbocycles. The van der Waals surface area contributed by atoms with E-state index in [0.717, 1.165) is 56.4 Å². The Kier molecular flexibility index (Phi) is 12.0. The molecule has 11 rings (SSSR count). The van der Waals surface area contributed by atoms with Gasteiger partial charge in [0.05, 0.1) is 0 Å². The Labute approximate surface area is 385 Å². The standard InChI is InChI=1S/C55H66N6O4/c62-47-16-19-49-40(31-47)13-17-48(37-6-2-1-3-7-37)53(49)38-10-14-45(15-11-38)59-24-22-46(23-25-59)60-28-26-57(27-29-60)32-41-8-4-5-9-42(41)33-58-34-44(35-58)39-12-18-50-43(30-39)36-61(55(50)65)51-20-21-52(63)56-54(51)64/h1-3,6-7,10-12,14-16,18-19,30-31,41-42,44,46,48,51,53,62H,4-5,8-9,13,17,20-29,32-36H2,(H,56,63,64)/t41-,42-,48+,51?,53-/m0/s1. The molecule has 0 aromatic heterocycles. The largest absolute Gasteiger partial charge is 0.508 e. The maximum absolute atomic E-state index is 13.2. The molecule has 1 unspecified atom stereocenters. The molecule has 0 radical (unpaired) electrons. The zero-order valence-corrected chi connectivity index (χ0v) is 38.0. The van der Waals surface area contributed by atoms with Crippen molar-refractivity contribution in [2.45, 2.75) is 101 Å². The molecule has 0 bridgehead atoms. The summed E-state index contributed by atoms with van der Waals surface area (Å²) in [4.78, 5) is 50.0. The number of piperidine rings is 2. The number of phenolic OH excluding ortho intramolecular Hbond substituents is 1. The van der Waals surface area contributed by atoms with Crippen molar-refractivity contribution in [1.82, 2.24) is 24.9 Å². The first-order valence-electron chi connectivity index (χ1n) is 25.0. The number of anilines is 1. The molecule has 5 aliphatic heterocycles. The summed E-state index contributed by atoms with van der Waals surface area (Å²) in [5.74, 6) is 2.39. The van der Waals surface area contributed by atoms with Gasteiger partial charge in [-0.05, 0) is 126 Å². The molecule has 1 saturated carbocycles. The van der Waals surface area contributed by atoms with Crippen molar-refractivity contribution in [3.8, 4) is 5.75 Å². The van der Waals surface area contributed by atoms with Gasteiger partial charge in [0.1, 0.15) is 11.8 Å². The van der Waals surface area contributed by atoms with Crippen LogP contribution in [0.4, 0.5) is 5.69 Å². The fraction of sp³-hybridized carbons (Fsp3) is 0.509. The van der Waals surface area contributed by atoms with Crippen molar-refractivity contribution in [2.75, 3.05) is 70.3 Å². The predicted molar refractivity (Wildman–Crippen MR) is 254 cm³/mol. The molecule has 2 N–H and O–H groups in total. The van der Waals surface area contributed by atoms with Crippen LogP contribution in [0.15, 0.2) is 91.0 Å². The highest BCUT2D eigenvalue weighted by molar-refractivity contribution is 6.05. The van der Waals surface area contributed by atoms with Gasteiger partial charge in [0.2, 0.25) is 11.8 Å². The van der Waals surface area contributed by atoms with Crippen LogP contribution in [0.25, 0.3) is 0 Å². The Morgan fingerprint density at radius 1 is 0.631 bits per heavy atom. The second kappa shape index (κ2) is 18.3. The summed E-state index contributed by atoms with van der Waals surface area (Å²) in [7, 11) is 0. The number of amides is 3. The molecule has 4 saturated heterocycles. The third kappa shape index (κ3) is 8.74. The summed E-state index contributed by atoms with van der Waals surface area (Å²) >= 11 is 0. The van der Waals surface area contributed by atoms with E-state index in [1.165, 1.54) is 111 Å². The van der Waals surface area contributed by atoms with Crippen LogP contribution in [0, 0.1) is 11.8 Å². The molecule has 7 aliphatic rings. The quantitative estimate of drug-likeness (QED) is 0.158. The molecule has 5 heterocycles. The number of fused-ring (bicyclic) bond motifs is 2. The minimum Gasteiger partial charge on any atom is -0.508 e. The van der Waals surface area contributed by atoms with Crippen molar-refractivity contribution >= 4 is 23.4 Å². The van der Waals surface area contributed by atoms with Gasteiger partial charge in [-0.15, -0.1) is 0 Å². The minimum absolute atomic E-state index is 0.0939. The molecular formula is C55H66N6O4. The lowest BCUT2D eigenvalue weighted by Crippen LogP contribution is -2.54. The smallest absolute Gasteiger partial charge is 0.255 e. The van der Waals surface area contributed by atoms with E-state index in [-0.39, 0.29) is 30.1 Å². The summed E-state index contributed by atoms with van der Waals surface area (Å²) in [6.07, 6.45) is 10.6. The number of aromatic hydroxyl groups is 1. The number of carbonyl (C=O) groups excluding carboxylic acids is 3. The third-order valence-corrected chi connectivity index (χ3v) is 16.8. The normalized spacial score (nSPS) is 27.3. The zero-order chi connectivity index (χ0) is 44.0. The Bertz CT molecular complexity index is 2370. The van der Waals surface area contributed by atoms with E-state index < -0.39 is 6.04 Å². The molecule has 0 spiro atoms.